The lowest BCUT2D eigenvalue weighted by molar-refractivity contribution is 0.265. The summed E-state index contributed by atoms with van der Waals surface area (Å²) in [6.45, 7) is 4.22. The van der Waals surface area contributed by atoms with Gasteiger partial charge in [-0.3, -0.25) is 0 Å². The minimum Gasteiger partial charge on any atom is -0.495 e. The number of nitrogens with zero attached hydrogens (tertiary/aromatic N) is 1. The number of sulfonamides is 1. The van der Waals surface area contributed by atoms with Crippen molar-refractivity contribution >= 4 is 10.0 Å². The average molecular weight is 312 g/mol. The fourth-order valence-corrected chi connectivity index (χ4v) is 4.66. The molecule has 1 aliphatic rings. The van der Waals surface area contributed by atoms with Gasteiger partial charge >= 0.3 is 0 Å². The van der Waals surface area contributed by atoms with E-state index in [1.165, 1.54) is 7.11 Å². The molecule has 0 amide bonds. The fourth-order valence-electron chi connectivity index (χ4n) is 2.76. The van der Waals surface area contributed by atoms with Crippen molar-refractivity contribution in [3.8, 4) is 5.75 Å². The van der Waals surface area contributed by atoms with E-state index in [1.54, 1.807) is 28.6 Å². The van der Waals surface area contributed by atoms with Gasteiger partial charge in [-0.1, -0.05) is 19.1 Å². The summed E-state index contributed by atoms with van der Waals surface area (Å²) in [7, 11) is -2.04. The molecule has 1 aromatic rings. The van der Waals surface area contributed by atoms with Crippen molar-refractivity contribution in [2.45, 2.75) is 37.1 Å². The largest absolute Gasteiger partial charge is 0.495 e. The highest BCUT2D eigenvalue weighted by atomic mass is 32.2. The molecule has 2 rings (SSSR count). The Kier molecular flexibility index (Phi) is 5.61. The summed E-state index contributed by atoms with van der Waals surface area (Å²) in [6, 6.07) is 6.85. The maximum Gasteiger partial charge on any atom is 0.247 e. The second-order valence-electron chi connectivity index (χ2n) is 5.27. The lowest BCUT2D eigenvalue weighted by Gasteiger charge is -2.33. The Morgan fingerprint density at radius 2 is 2.14 bits per heavy atom. The predicted octanol–water partition coefficient (Wildman–Crippen LogP) is 1.85. The quantitative estimate of drug-likeness (QED) is 0.871. The van der Waals surface area contributed by atoms with Crippen molar-refractivity contribution in [2.24, 2.45) is 0 Å². The highest BCUT2D eigenvalue weighted by molar-refractivity contribution is 7.89. The van der Waals surface area contributed by atoms with Crippen molar-refractivity contribution in [1.29, 1.82) is 0 Å². The molecule has 21 heavy (non-hydrogen) atoms. The summed E-state index contributed by atoms with van der Waals surface area (Å²) < 4.78 is 32.9. The van der Waals surface area contributed by atoms with Crippen molar-refractivity contribution in [3.05, 3.63) is 24.3 Å². The molecule has 1 atom stereocenters. The smallest absolute Gasteiger partial charge is 0.247 e. The number of benzene rings is 1. The highest BCUT2D eigenvalue weighted by Crippen LogP contribution is 2.28. The number of nitrogens with one attached hydrogen (secondary N) is 1. The number of piperidine rings is 1. The zero-order chi connectivity index (χ0) is 15.3. The molecular weight excluding hydrogens is 288 g/mol. The molecule has 118 valence electrons. The van der Waals surface area contributed by atoms with Crippen molar-refractivity contribution in [1.82, 2.24) is 9.62 Å². The van der Waals surface area contributed by atoms with Crippen LogP contribution in [0.5, 0.6) is 5.75 Å². The molecule has 1 heterocycles. The van der Waals surface area contributed by atoms with Crippen LogP contribution >= 0.6 is 0 Å². The molecule has 1 saturated heterocycles. The van der Waals surface area contributed by atoms with Crippen LogP contribution in [0.25, 0.3) is 0 Å². The van der Waals surface area contributed by atoms with Crippen LogP contribution in [0.3, 0.4) is 0 Å². The van der Waals surface area contributed by atoms with E-state index in [-0.39, 0.29) is 10.9 Å². The van der Waals surface area contributed by atoms with Gasteiger partial charge < -0.3 is 10.1 Å². The summed E-state index contributed by atoms with van der Waals surface area (Å²) in [5.74, 6) is 0.405. The normalized spacial score (nSPS) is 19.7. The Morgan fingerprint density at radius 1 is 1.38 bits per heavy atom. The monoisotopic (exact) mass is 312 g/mol. The lowest BCUT2D eigenvalue weighted by Crippen LogP contribution is -2.48. The van der Waals surface area contributed by atoms with E-state index in [4.69, 9.17) is 4.74 Å². The Bertz CT molecular complexity index is 554. The highest BCUT2D eigenvalue weighted by Gasteiger charge is 2.33. The number of hydrogen-bond acceptors (Lipinski definition) is 4. The van der Waals surface area contributed by atoms with Crippen LogP contribution in [0.1, 0.15) is 26.2 Å². The molecule has 1 aromatic carbocycles. The van der Waals surface area contributed by atoms with Gasteiger partial charge in [0.2, 0.25) is 10.0 Å². The zero-order valence-corrected chi connectivity index (χ0v) is 13.5. The molecule has 0 aliphatic carbocycles. The van der Waals surface area contributed by atoms with Crippen LogP contribution in [0.15, 0.2) is 29.2 Å². The third-order valence-electron chi connectivity index (χ3n) is 3.78. The Labute approximate surface area is 127 Å². The number of methoxy groups -OCH3 is 1. The third-order valence-corrected chi connectivity index (χ3v) is 5.77. The average Bonchev–Trinajstić information content (AvgIpc) is 2.53. The second-order valence-corrected chi connectivity index (χ2v) is 7.13. The first kappa shape index (κ1) is 16.3. The first-order valence-electron chi connectivity index (χ1n) is 7.46. The fraction of sp³-hybridized carbons (Fsp3) is 0.600. The predicted molar refractivity (Wildman–Crippen MR) is 83.1 cm³/mol. The van der Waals surface area contributed by atoms with E-state index in [0.717, 1.165) is 25.8 Å². The van der Waals surface area contributed by atoms with Gasteiger partial charge in [0.15, 0.2) is 0 Å². The zero-order valence-electron chi connectivity index (χ0n) is 12.7. The molecular formula is C15H24N2O3S. The summed E-state index contributed by atoms with van der Waals surface area (Å²) in [5, 5.41) is 3.29. The minimum atomic E-state index is -3.54. The molecule has 0 saturated carbocycles. The van der Waals surface area contributed by atoms with Gasteiger partial charge in [0, 0.05) is 19.1 Å². The molecule has 0 spiro atoms. The van der Waals surface area contributed by atoms with Crippen LogP contribution in [0, 0.1) is 0 Å². The van der Waals surface area contributed by atoms with Crippen molar-refractivity contribution < 1.29 is 13.2 Å². The Balaban J connectivity index is 2.37. The van der Waals surface area contributed by atoms with Crippen LogP contribution < -0.4 is 10.1 Å². The lowest BCUT2D eigenvalue weighted by atomic mass is 10.1. The molecule has 0 aromatic heterocycles. The van der Waals surface area contributed by atoms with E-state index in [2.05, 4.69) is 5.32 Å². The molecule has 1 fully saturated rings. The number of ether oxygens (including phenoxy) is 1. The Morgan fingerprint density at radius 3 is 2.76 bits per heavy atom. The standard InChI is InChI=1S/C15H24N2O3S/c1-3-11-17(13-7-6-10-16-12-13)21(18,19)15-9-5-4-8-14(15)20-2/h4-5,8-9,13,16H,3,6-7,10-12H2,1-2H3. The molecule has 1 N–H and O–H groups in total. The molecule has 1 unspecified atom stereocenters. The number of para-hydroxylation sites is 1. The van der Waals surface area contributed by atoms with Crippen LogP contribution in [0.4, 0.5) is 0 Å². The van der Waals surface area contributed by atoms with E-state index < -0.39 is 10.0 Å². The van der Waals surface area contributed by atoms with Gasteiger partial charge in [-0.25, -0.2) is 8.42 Å². The molecule has 5 nitrogen and oxygen atoms in total. The summed E-state index contributed by atoms with van der Waals surface area (Å²) >= 11 is 0. The van der Waals surface area contributed by atoms with Gasteiger partial charge in [0.05, 0.1) is 7.11 Å². The molecule has 1 aliphatic heterocycles. The first-order chi connectivity index (χ1) is 10.1. The summed E-state index contributed by atoms with van der Waals surface area (Å²) in [5.41, 5.74) is 0. The van der Waals surface area contributed by atoms with Gasteiger partial charge in [0.1, 0.15) is 10.6 Å². The van der Waals surface area contributed by atoms with Gasteiger partial charge in [0.25, 0.3) is 0 Å². The van der Waals surface area contributed by atoms with Crippen LogP contribution in [-0.2, 0) is 10.0 Å². The van der Waals surface area contributed by atoms with Crippen molar-refractivity contribution in [3.63, 3.8) is 0 Å². The third kappa shape index (κ3) is 3.56. The Hall–Kier alpha value is -1.11. The molecule has 6 heteroatoms. The maximum absolute atomic E-state index is 13.0. The van der Waals surface area contributed by atoms with E-state index in [1.807, 2.05) is 6.92 Å². The van der Waals surface area contributed by atoms with Gasteiger partial charge in [-0.05, 0) is 37.9 Å². The second kappa shape index (κ2) is 7.24. The van der Waals surface area contributed by atoms with Crippen LogP contribution in [-0.4, -0.2) is 45.5 Å². The minimum absolute atomic E-state index is 0.0219. The first-order valence-corrected chi connectivity index (χ1v) is 8.90. The number of rotatable bonds is 6. The maximum atomic E-state index is 13.0. The van der Waals surface area contributed by atoms with Crippen LogP contribution in [0.2, 0.25) is 0 Å². The topological polar surface area (TPSA) is 58.6 Å². The van der Waals surface area contributed by atoms with Crippen molar-refractivity contribution in [2.75, 3.05) is 26.7 Å². The van der Waals surface area contributed by atoms with E-state index in [0.29, 0.717) is 18.8 Å². The van der Waals surface area contributed by atoms with E-state index in [9.17, 15) is 8.42 Å². The summed E-state index contributed by atoms with van der Waals surface area (Å²) in [4.78, 5) is 0.256. The van der Waals surface area contributed by atoms with Gasteiger partial charge in [-0.2, -0.15) is 4.31 Å². The summed E-state index contributed by atoms with van der Waals surface area (Å²) in [6.07, 6.45) is 2.71. The SMILES string of the molecule is CCCN(C1CCCNC1)S(=O)(=O)c1ccccc1OC. The molecule has 0 bridgehead atoms. The molecule has 0 radical (unpaired) electrons. The number of hydrogen-bond donors (Lipinski definition) is 1. The van der Waals surface area contributed by atoms with Gasteiger partial charge in [-0.15, -0.1) is 0 Å². The van der Waals surface area contributed by atoms with E-state index >= 15 is 0 Å².